The second-order valence-electron chi connectivity index (χ2n) is 7.08. The number of methoxy groups -OCH3 is 1. The van der Waals surface area contributed by atoms with E-state index in [1.807, 2.05) is 6.92 Å². The SMILES string of the molecule is COc1cc([N+](=O)[O-])ccc1NC(=O)c1ccc(S(=O)(=O)N2CCCCC2C)cc1. The van der Waals surface area contributed by atoms with E-state index in [-0.39, 0.29) is 33.6 Å². The zero-order valence-corrected chi connectivity index (χ0v) is 17.5. The topological polar surface area (TPSA) is 119 Å². The predicted octanol–water partition coefficient (Wildman–Crippen LogP) is 3.42. The molecule has 1 amide bonds. The van der Waals surface area contributed by atoms with Gasteiger partial charge in [0, 0.05) is 24.2 Å². The van der Waals surface area contributed by atoms with Crippen LogP contribution in [0, 0.1) is 10.1 Å². The summed E-state index contributed by atoms with van der Waals surface area (Å²) in [6, 6.07) is 9.51. The van der Waals surface area contributed by atoms with Crippen molar-refractivity contribution in [3.8, 4) is 5.75 Å². The molecule has 1 aliphatic rings. The number of nitro groups is 1. The molecule has 1 unspecified atom stereocenters. The molecule has 160 valence electrons. The minimum atomic E-state index is -3.62. The average Bonchev–Trinajstić information content (AvgIpc) is 2.74. The number of carbonyl (C=O) groups excluding carboxylic acids is 1. The molecule has 1 fully saturated rings. The van der Waals surface area contributed by atoms with Gasteiger partial charge in [0.15, 0.2) is 0 Å². The molecule has 2 aromatic rings. The van der Waals surface area contributed by atoms with Crippen LogP contribution in [0.5, 0.6) is 5.75 Å². The van der Waals surface area contributed by atoms with Crippen molar-refractivity contribution in [2.45, 2.75) is 37.1 Å². The Morgan fingerprint density at radius 3 is 2.50 bits per heavy atom. The molecule has 0 bridgehead atoms. The Balaban J connectivity index is 1.78. The number of amides is 1. The van der Waals surface area contributed by atoms with Gasteiger partial charge in [0.25, 0.3) is 11.6 Å². The predicted molar refractivity (Wildman–Crippen MR) is 111 cm³/mol. The molecule has 0 aromatic heterocycles. The van der Waals surface area contributed by atoms with E-state index in [1.54, 1.807) is 0 Å². The van der Waals surface area contributed by atoms with Crippen LogP contribution < -0.4 is 10.1 Å². The summed E-state index contributed by atoms with van der Waals surface area (Å²) < 4.78 is 32.4. The second kappa shape index (κ2) is 8.80. The van der Waals surface area contributed by atoms with Gasteiger partial charge >= 0.3 is 0 Å². The van der Waals surface area contributed by atoms with Crippen molar-refractivity contribution in [1.82, 2.24) is 4.31 Å². The van der Waals surface area contributed by atoms with E-state index in [1.165, 1.54) is 53.9 Å². The molecular weight excluding hydrogens is 410 g/mol. The summed E-state index contributed by atoms with van der Waals surface area (Å²) in [7, 11) is -2.28. The average molecular weight is 433 g/mol. The van der Waals surface area contributed by atoms with Crippen molar-refractivity contribution < 1.29 is 22.9 Å². The monoisotopic (exact) mass is 433 g/mol. The van der Waals surface area contributed by atoms with E-state index in [0.717, 1.165) is 19.3 Å². The number of piperidine rings is 1. The van der Waals surface area contributed by atoms with E-state index in [2.05, 4.69) is 5.32 Å². The van der Waals surface area contributed by atoms with E-state index in [9.17, 15) is 23.3 Å². The van der Waals surface area contributed by atoms with E-state index >= 15 is 0 Å². The van der Waals surface area contributed by atoms with Crippen LogP contribution in [0.15, 0.2) is 47.4 Å². The Bertz CT molecular complexity index is 1050. The van der Waals surface area contributed by atoms with Crippen molar-refractivity contribution in [3.05, 3.63) is 58.1 Å². The third kappa shape index (κ3) is 4.44. The van der Waals surface area contributed by atoms with Crippen LogP contribution in [0.4, 0.5) is 11.4 Å². The summed E-state index contributed by atoms with van der Waals surface area (Å²) in [6.45, 7) is 2.39. The van der Waals surface area contributed by atoms with Gasteiger partial charge in [0.05, 0.1) is 28.7 Å². The molecule has 0 saturated carbocycles. The van der Waals surface area contributed by atoms with E-state index in [4.69, 9.17) is 4.74 Å². The maximum Gasteiger partial charge on any atom is 0.273 e. The maximum absolute atomic E-state index is 12.9. The fourth-order valence-corrected chi connectivity index (χ4v) is 5.13. The lowest BCUT2D eigenvalue weighted by Crippen LogP contribution is -2.41. The number of ether oxygens (including phenoxy) is 1. The number of non-ortho nitro benzene ring substituents is 1. The molecule has 1 saturated heterocycles. The van der Waals surface area contributed by atoms with Gasteiger partial charge in [-0.05, 0) is 50.1 Å². The van der Waals surface area contributed by atoms with Crippen LogP contribution in [0.25, 0.3) is 0 Å². The number of nitro benzene ring substituents is 1. The highest BCUT2D eigenvalue weighted by Crippen LogP contribution is 2.30. The summed E-state index contributed by atoms with van der Waals surface area (Å²) in [5.74, 6) is -0.340. The van der Waals surface area contributed by atoms with Crippen LogP contribution in [0.1, 0.15) is 36.5 Å². The normalized spacial score (nSPS) is 17.3. The highest BCUT2D eigenvalue weighted by molar-refractivity contribution is 7.89. The first-order valence-electron chi connectivity index (χ1n) is 9.49. The van der Waals surface area contributed by atoms with Crippen LogP contribution >= 0.6 is 0 Å². The number of nitrogens with zero attached hydrogens (tertiary/aromatic N) is 2. The van der Waals surface area contributed by atoms with Crippen molar-refractivity contribution in [1.29, 1.82) is 0 Å². The Morgan fingerprint density at radius 1 is 1.20 bits per heavy atom. The molecule has 0 radical (unpaired) electrons. The lowest BCUT2D eigenvalue weighted by atomic mass is 10.1. The number of benzene rings is 2. The zero-order valence-electron chi connectivity index (χ0n) is 16.7. The number of sulfonamides is 1. The van der Waals surface area contributed by atoms with Crippen LogP contribution in [-0.2, 0) is 10.0 Å². The summed E-state index contributed by atoms with van der Waals surface area (Å²) >= 11 is 0. The van der Waals surface area contributed by atoms with Gasteiger partial charge in [-0.25, -0.2) is 8.42 Å². The van der Waals surface area contributed by atoms with Gasteiger partial charge < -0.3 is 10.1 Å². The maximum atomic E-state index is 12.9. The molecule has 3 rings (SSSR count). The van der Waals surface area contributed by atoms with Gasteiger partial charge in [0.1, 0.15) is 5.75 Å². The van der Waals surface area contributed by atoms with Crippen molar-refractivity contribution in [2.75, 3.05) is 19.0 Å². The minimum Gasteiger partial charge on any atom is -0.494 e. The van der Waals surface area contributed by atoms with Crippen LogP contribution in [0.2, 0.25) is 0 Å². The fraction of sp³-hybridized carbons (Fsp3) is 0.350. The number of carbonyl (C=O) groups is 1. The largest absolute Gasteiger partial charge is 0.494 e. The molecule has 10 heteroatoms. The van der Waals surface area contributed by atoms with Crippen molar-refractivity contribution in [3.63, 3.8) is 0 Å². The summed E-state index contributed by atoms with van der Waals surface area (Å²) in [6.07, 6.45) is 2.68. The molecule has 1 atom stereocenters. The minimum absolute atomic E-state index is 0.0543. The Kier molecular flexibility index (Phi) is 6.37. The van der Waals surface area contributed by atoms with Gasteiger partial charge in [-0.3, -0.25) is 14.9 Å². The Labute approximate surface area is 174 Å². The molecule has 1 aliphatic heterocycles. The third-order valence-corrected chi connectivity index (χ3v) is 7.14. The molecule has 0 aliphatic carbocycles. The van der Waals surface area contributed by atoms with Crippen molar-refractivity contribution in [2.24, 2.45) is 0 Å². The summed E-state index contributed by atoms with van der Waals surface area (Å²) in [5, 5.41) is 13.5. The first kappa shape index (κ1) is 21.7. The van der Waals surface area contributed by atoms with E-state index < -0.39 is 20.9 Å². The molecule has 0 spiro atoms. The molecule has 1 N–H and O–H groups in total. The highest BCUT2D eigenvalue weighted by Gasteiger charge is 2.31. The number of hydrogen-bond donors (Lipinski definition) is 1. The number of hydrogen-bond acceptors (Lipinski definition) is 6. The van der Waals surface area contributed by atoms with Gasteiger partial charge in [0.2, 0.25) is 10.0 Å². The first-order chi connectivity index (χ1) is 14.2. The molecule has 2 aromatic carbocycles. The summed E-state index contributed by atoms with van der Waals surface area (Å²) in [4.78, 5) is 23.0. The lowest BCUT2D eigenvalue weighted by Gasteiger charge is -2.32. The second-order valence-corrected chi connectivity index (χ2v) is 8.97. The molecule has 1 heterocycles. The third-order valence-electron chi connectivity index (χ3n) is 5.11. The molecule has 9 nitrogen and oxygen atoms in total. The van der Waals surface area contributed by atoms with Crippen LogP contribution in [-0.4, -0.2) is 43.2 Å². The van der Waals surface area contributed by atoms with Crippen LogP contribution in [0.3, 0.4) is 0 Å². The Hall–Kier alpha value is -2.98. The number of anilines is 1. The number of nitrogens with one attached hydrogen (secondary N) is 1. The smallest absolute Gasteiger partial charge is 0.273 e. The van der Waals surface area contributed by atoms with E-state index in [0.29, 0.717) is 6.54 Å². The quantitative estimate of drug-likeness (QED) is 0.551. The van der Waals surface area contributed by atoms with Gasteiger partial charge in [-0.2, -0.15) is 4.31 Å². The van der Waals surface area contributed by atoms with Gasteiger partial charge in [-0.15, -0.1) is 0 Å². The standard InChI is InChI=1S/C20H23N3O6S/c1-14-5-3-4-12-22(14)30(27,28)17-9-6-15(7-10-17)20(24)21-18-11-8-16(23(25)26)13-19(18)29-2/h6-11,13-14H,3-5,12H2,1-2H3,(H,21,24). The number of rotatable bonds is 6. The highest BCUT2D eigenvalue weighted by atomic mass is 32.2. The molecule has 30 heavy (non-hydrogen) atoms. The van der Waals surface area contributed by atoms with Gasteiger partial charge in [-0.1, -0.05) is 6.42 Å². The summed E-state index contributed by atoms with van der Waals surface area (Å²) in [5.41, 5.74) is 0.360. The zero-order chi connectivity index (χ0) is 21.9. The molecular formula is C20H23N3O6S. The van der Waals surface area contributed by atoms with Crippen molar-refractivity contribution >= 4 is 27.3 Å². The lowest BCUT2D eigenvalue weighted by molar-refractivity contribution is -0.384. The fourth-order valence-electron chi connectivity index (χ4n) is 3.43. The first-order valence-corrected chi connectivity index (χ1v) is 10.9. The Morgan fingerprint density at radius 2 is 1.90 bits per heavy atom.